The molecule has 0 bridgehead atoms. The molecule has 3 aromatic rings. The number of nitrogens with one attached hydrogen (secondary N) is 2. The van der Waals surface area contributed by atoms with E-state index in [0.29, 0.717) is 30.8 Å². The Kier molecular flexibility index (Phi) is 10.9. The largest absolute Gasteiger partial charge is 0.465 e. The third kappa shape index (κ3) is 7.58. The number of rotatable bonds is 11. The molecule has 1 aliphatic carbocycles. The van der Waals surface area contributed by atoms with Gasteiger partial charge < -0.3 is 35.0 Å². The molecule has 1 heterocycles. The molecule has 2 aliphatic rings. The molecule has 3 atom stereocenters. The predicted octanol–water partition coefficient (Wildman–Crippen LogP) is 4.91. The second kappa shape index (κ2) is 15.1. The van der Waals surface area contributed by atoms with Crippen LogP contribution in [0.15, 0.2) is 72.8 Å². The van der Waals surface area contributed by atoms with E-state index in [-0.39, 0.29) is 25.7 Å². The van der Waals surface area contributed by atoms with Gasteiger partial charge in [-0.05, 0) is 66.1 Å². The Balaban J connectivity index is 1.23. The first kappa shape index (κ1) is 34.7. The van der Waals surface area contributed by atoms with Crippen LogP contribution in [0.2, 0.25) is 5.02 Å². The van der Waals surface area contributed by atoms with Gasteiger partial charge in [-0.3, -0.25) is 9.59 Å². The third-order valence-electron chi connectivity index (χ3n) is 9.33. The van der Waals surface area contributed by atoms with Gasteiger partial charge in [0.05, 0.1) is 12.1 Å². The fourth-order valence-corrected chi connectivity index (χ4v) is 6.91. The summed E-state index contributed by atoms with van der Waals surface area (Å²) in [5.74, 6) is -1.18. The maximum Gasteiger partial charge on any atom is 0.407 e. The number of carboxylic acid groups (broad SMARTS) is 1. The zero-order valence-electron chi connectivity index (χ0n) is 27.3. The van der Waals surface area contributed by atoms with E-state index in [1.54, 1.807) is 19.2 Å². The Morgan fingerprint density at radius 2 is 1.62 bits per heavy atom. The summed E-state index contributed by atoms with van der Waals surface area (Å²) in [5.41, 5.74) is 4.35. The lowest BCUT2D eigenvalue weighted by Gasteiger charge is -2.48. The summed E-state index contributed by atoms with van der Waals surface area (Å²) in [4.78, 5) is 55.0. The number of carbonyl (C=O) groups is 4. The van der Waals surface area contributed by atoms with Gasteiger partial charge in [0.2, 0.25) is 11.8 Å². The average molecular weight is 677 g/mol. The minimum absolute atomic E-state index is 0.0901. The monoisotopic (exact) mass is 676 g/mol. The molecular formula is C36H41ClN4O7. The maximum absolute atomic E-state index is 14.0. The highest BCUT2D eigenvalue weighted by Gasteiger charge is 2.44. The Morgan fingerprint density at radius 1 is 1.00 bits per heavy atom. The number of ether oxygens (including phenoxy) is 2. The molecule has 1 saturated heterocycles. The highest BCUT2D eigenvalue weighted by molar-refractivity contribution is 6.30. The van der Waals surface area contributed by atoms with E-state index in [0.717, 1.165) is 27.8 Å². The predicted molar refractivity (Wildman–Crippen MR) is 181 cm³/mol. The topological polar surface area (TPSA) is 138 Å². The lowest BCUT2D eigenvalue weighted by atomic mass is 9.81. The van der Waals surface area contributed by atoms with Gasteiger partial charge in [0.15, 0.2) is 0 Å². The molecule has 0 radical (unpaired) electrons. The first-order valence-electron chi connectivity index (χ1n) is 15.9. The minimum atomic E-state index is -1.10. The van der Waals surface area contributed by atoms with Crippen LogP contribution in [-0.2, 0) is 25.5 Å². The zero-order chi connectivity index (χ0) is 34.4. The van der Waals surface area contributed by atoms with Gasteiger partial charge in [0.1, 0.15) is 18.7 Å². The van der Waals surface area contributed by atoms with Crippen molar-refractivity contribution in [2.75, 3.05) is 40.5 Å². The molecule has 12 heteroatoms. The van der Waals surface area contributed by atoms with E-state index in [4.69, 9.17) is 21.1 Å². The van der Waals surface area contributed by atoms with E-state index in [1.807, 2.05) is 60.7 Å². The second-order valence-electron chi connectivity index (χ2n) is 12.4. The van der Waals surface area contributed by atoms with Crippen molar-refractivity contribution in [3.8, 4) is 11.1 Å². The maximum atomic E-state index is 14.0. The van der Waals surface area contributed by atoms with Crippen molar-refractivity contribution in [2.45, 2.75) is 49.7 Å². The summed E-state index contributed by atoms with van der Waals surface area (Å²) in [7, 11) is 3.04. The van der Waals surface area contributed by atoms with E-state index < -0.39 is 41.6 Å². The van der Waals surface area contributed by atoms with Crippen molar-refractivity contribution in [2.24, 2.45) is 0 Å². The van der Waals surface area contributed by atoms with Gasteiger partial charge in [-0.2, -0.15) is 0 Å². The van der Waals surface area contributed by atoms with E-state index in [9.17, 15) is 24.3 Å². The van der Waals surface area contributed by atoms with Crippen LogP contribution in [0.3, 0.4) is 0 Å². The van der Waals surface area contributed by atoms with Crippen LogP contribution in [0.25, 0.3) is 11.1 Å². The molecule has 0 saturated carbocycles. The quantitative estimate of drug-likeness (QED) is 0.262. The molecule has 0 aromatic heterocycles. The van der Waals surface area contributed by atoms with Crippen molar-refractivity contribution in [1.29, 1.82) is 0 Å². The van der Waals surface area contributed by atoms with Gasteiger partial charge in [-0.25, -0.2) is 9.59 Å². The number of amides is 4. The summed E-state index contributed by atoms with van der Waals surface area (Å²) in [6.45, 7) is 1.92. The first-order valence-corrected chi connectivity index (χ1v) is 16.3. The zero-order valence-corrected chi connectivity index (χ0v) is 28.0. The Bertz CT molecular complexity index is 1610. The number of methoxy groups -OCH3 is 1. The van der Waals surface area contributed by atoms with E-state index in [2.05, 4.69) is 10.6 Å². The number of alkyl carbamates (subject to hydrolysis) is 1. The minimum Gasteiger partial charge on any atom is -0.465 e. The van der Waals surface area contributed by atoms with Gasteiger partial charge >= 0.3 is 12.2 Å². The highest BCUT2D eigenvalue weighted by Crippen LogP contribution is 2.44. The summed E-state index contributed by atoms with van der Waals surface area (Å²) in [6.07, 6.45) is -0.339. The molecular weight excluding hydrogens is 636 g/mol. The van der Waals surface area contributed by atoms with Crippen LogP contribution in [0.1, 0.15) is 42.4 Å². The van der Waals surface area contributed by atoms with Crippen LogP contribution < -0.4 is 10.6 Å². The molecule has 0 spiro atoms. The molecule has 3 N–H and O–H groups in total. The summed E-state index contributed by atoms with van der Waals surface area (Å²) in [5, 5.41) is 15.7. The Labute approximate surface area is 285 Å². The van der Waals surface area contributed by atoms with E-state index in [1.165, 1.54) is 23.8 Å². The van der Waals surface area contributed by atoms with Crippen molar-refractivity contribution >= 4 is 35.6 Å². The first-order chi connectivity index (χ1) is 23.0. The number of hydrogen-bond acceptors (Lipinski definition) is 6. The molecule has 254 valence electrons. The number of fused-ring (bicyclic) bond motifs is 3. The van der Waals surface area contributed by atoms with Crippen LogP contribution in [0.4, 0.5) is 9.59 Å². The molecule has 4 amide bonds. The van der Waals surface area contributed by atoms with Crippen LogP contribution in [0.5, 0.6) is 0 Å². The number of benzene rings is 3. The average Bonchev–Trinajstić information content (AvgIpc) is 3.41. The SMILES string of the molecule is COC[C@H](NC(=O)[C@H](C)NC(=O)OCC1c2ccccc2-c2ccccc21)C(=O)N(C)[C@@]1(Cc2ccc(Cl)cc2)CCCN(C(=O)O)C1. The number of likely N-dealkylation sites (tertiary alicyclic amines) is 1. The highest BCUT2D eigenvalue weighted by atomic mass is 35.5. The number of halogens is 1. The molecule has 1 aliphatic heterocycles. The standard InChI is InChI=1S/C36H41ClN4O7/c1-23(38-34(44)48-20-30-28-11-6-4-9-26(28)27-10-5-7-12-29(27)30)32(42)39-31(21-47-3)33(43)40(2)36(17-8-18-41(22-36)35(45)46)19-24-13-15-25(37)16-14-24/h4-7,9-16,23,30-31H,8,17-22H2,1-3H3,(H,38,44)(H,39,42)(H,45,46)/t23-,31-,36+/m0/s1. The molecule has 11 nitrogen and oxygen atoms in total. The Hall–Kier alpha value is -4.61. The number of nitrogens with zero attached hydrogens (tertiary/aromatic N) is 2. The van der Waals surface area contributed by atoms with E-state index >= 15 is 0 Å². The van der Waals surface area contributed by atoms with Crippen LogP contribution in [-0.4, -0.2) is 97.0 Å². The van der Waals surface area contributed by atoms with Gasteiger partial charge in [0.25, 0.3) is 0 Å². The smallest absolute Gasteiger partial charge is 0.407 e. The summed E-state index contributed by atoms with van der Waals surface area (Å²) < 4.78 is 10.9. The summed E-state index contributed by atoms with van der Waals surface area (Å²) in [6, 6.07) is 21.1. The Morgan fingerprint density at radius 3 is 2.23 bits per heavy atom. The van der Waals surface area contributed by atoms with Gasteiger partial charge in [-0.15, -0.1) is 0 Å². The molecule has 5 rings (SSSR count). The fourth-order valence-electron chi connectivity index (χ4n) is 6.78. The van der Waals surface area contributed by atoms with Gasteiger partial charge in [0, 0.05) is 38.2 Å². The molecule has 1 fully saturated rings. The lowest BCUT2D eigenvalue weighted by molar-refractivity contribution is -0.144. The molecule has 3 aromatic carbocycles. The molecule has 48 heavy (non-hydrogen) atoms. The number of likely N-dealkylation sites (N-methyl/N-ethyl adjacent to an activating group) is 1. The molecule has 0 unspecified atom stereocenters. The van der Waals surface area contributed by atoms with Crippen molar-refractivity contribution in [1.82, 2.24) is 20.4 Å². The number of hydrogen-bond donors (Lipinski definition) is 3. The third-order valence-corrected chi connectivity index (χ3v) is 9.59. The van der Waals surface area contributed by atoms with Crippen molar-refractivity contribution < 1.29 is 33.8 Å². The van der Waals surface area contributed by atoms with Crippen molar-refractivity contribution in [3.05, 3.63) is 94.5 Å². The number of piperidine rings is 1. The normalized spacial score (nSPS) is 18.2. The second-order valence-corrected chi connectivity index (χ2v) is 12.9. The summed E-state index contributed by atoms with van der Waals surface area (Å²) >= 11 is 6.09. The lowest BCUT2D eigenvalue weighted by Crippen LogP contribution is -2.65. The van der Waals surface area contributed by atoms with Crippen molar-refractivity contribution in [3.63, 3.8) is 0 Å². The van der Waals surface area contributed by atoms with Crippen LogP contribution >= 0.6 is 11.6 Å². The number of carbonyl (C=O) groups excluding carboxylic acids is 3. The van der Waals surface area contributed by atoms with Gasteiger partial charge in [-0.1, -0.05) is 72.3 Å². The van der Waals surface area contributed by atoms with Crippen LogP contribution in [0, 0.1) is 0 Å². The fraction of sp³-hybridized carbons (Fsp3) is 0.389.